The topological polar surface area (TPSA) is 37.3 Å². The van der Waals surface area contributed by atoms with Crippen molar-refractivity contribution in [2.75, 3.05) is 0 Å². The van der Waals surface area contributed by atoms with Crippen molar-refractivity contribution in [2.45, 2.75) is 109 Å². The van der Waals surface area contributed by atoms with Gasteiger partial charge in [-0.05, 0) is 78.2 Å². The van der Waals surface area contributed by atoms with Crippen LogP contribution in [0.15, 0.2) is 77.3 Å². The second kappa shape index (κ2) is 13.2. The fraction of sp³-hybridized carbons (Fsp3) is 0.500. The predicted molar refractivity (Wildman–Crippen MR) is 162 cm³/mol. The molecule has 2 aromatic carbocycles. The minimum absolute atomic E-state index is 0.130. The number of hydrogen-bond donors (Lipinski definition) is 1. The minimum atomic E-state index is -0.650. The van der Waals surface area contributed by atoms with E-state index in [1.54, 1.807) is 0 Å². The van der Waals surface area contributed by atoms with Crippen molar-refractivity contribution in [3.05, 3.63) is 94.0 Å². The molecule has 4 rings (SSSR count). The van der Waals surface area contributed by atoms with Crippen LogP contribution in [0.3, 0.4) is 0 Å². The molecule has 0 amide bonds. The van der Waals surface area contributed by atoms with E-state index in [2.05, 4.69) is 119 Å². The molecule has 0 atom stereocenters. The summed E-state index contributed by atoms with van der Waals surface area (Å²) in [7, 11) is 0. The van der Waals surface area contributed by atoms with E-state index in [0.717, 1.165) is 61.4 Å². The lowest BCUT2D eigenvalue weighted by molar-refractivity contribution is -0.119. The molecule has 0 radical (unpaired) electrons. The fourth-order valence-electron chi connectivity index (χ4n) is 4.42. The van der Waals surface area contributed by atoms with Gasteiger partial charge in [-0.25, -0.2) is 0 Å². The highest BCUT2D eigenvalue weighted by molar-refractivity contribution is 9.10. The second-order valence-electron chi connectivity index (χ2n) is 12.7. The van der Waals surface area contributed by atoms with E-state index in [1.807, 2.05) is 0 Å². The van der Waals surface area contributed by atoms with Gasteiger partial charge in [-0.1, -0.05) is 118 Å². The number of hydrogen-bond acceptors (Lipinski definition) is 2. The van der Waals surface area contributed by atoms with Gasteiger partial charge in [0.15, 0.2) is 0 Å². The van der Waals surface area contributed by atoms with Crippen LogP contribution < -0.4 is 0 Å². The summed E-state index contributed by atoms with van der Waals surface area (Å²) in [6, 6.07) is 16.9. The Hall–Kier alpha value is -1.97. The van der Waals surface area contributed by atoms with Gasteiger partial charge in [0.25, 0.3) is 0 Å². The summed E-state index contributed by atoms with van der Waals surface area (Å²) in [5, 5.41) is 10.8. The summed E-state index contributed by atoms with van der Waals surface area (Å²) in [5.41, 5.74) is 5.97. The zero-order valence-corrected chi connectivity index (χ0v) is 25.5. The first-order valence-electron chi connectivity index (χ1n) is 13.5. The molecule has 0 spiro atoms. The van der Waals surface area contributed by atoms with E-state index >= 15 is 0 Å². The summed E-state index contributed by atoms with van der Waals surface area (Å²) in [4.78, 5) is 10.6. The Bertz CT molecular complexity index is 1040. The molecule has 2 aromatic rings. The lowest BCUT2D eigenvalue weighted by Gasteiger charge is -2.34. The van der Waals surface area contributed by atoms with Crippen molar-refractivity contribution in [1.82, 2.24) is 0 Å². The van der Waals surface area contributed by atoms with Crippen molar-refractivity contribution in [1.29, 1.82) is 0 Å². The van der Waals surface area contributed by atoms with E-state index in [0.29, 0.717) is 5.78 Å². The summed E-state index contributed by atoms with van der Waals surface area (Å²) >= 11 is 3.45. The molecule has 0 aromatic heterocycles. The molecule has 37 heavy (non-hydrogen) atoms. The smallest absolute Gasteiger partial charge is 0.133 e. The molecule has 0 aliphatic heterocycles. The molecule has 0 saturated heterocycles. The monoisotopic (exact) mass is 566 g/mol. The van der Waals surface area contributed by atoms with Crippen molar-refractivity contribution in [3.63, 3.8) is 0 Å². The average molecular weight is 568 g/mol. The molecule has 2 saturated carbocycles. The third kappa shape index (κ3) is 10.4. The zero-order chi connectivity index (χ0) is 27.9. The number of allylic oxidation sites excluding steroid dienone is 2. The molecule has 0 heterocycles. The quantitative estimate of drug-likeness (QED) is 0.348. The maximum Gasteiger partial charge on any atom is 0.133 e. The third-order valence-electron chi connectivity index (χ3n) is 7.26. The Balaban J connectivity index is 0.000000215. The Morgan fingerprint density at radius 3 is 1.62 bits per heavy atom. The molecule has 3 heteroatoms. The van der Waals surface area contributed by atoms with Crippen molar-refractivity contribution < 1.29 is 9.90 Å². The molecular weight excluding hydrogens is 520 g/mol. The van der Waals surface area contributed by atoms with Crippen LogP contribution in [0.4, 0.5) is 0 Å². The second-order valence-corrected chi connectivity index (χ2v) is 13.6. The Morgan fingerprint density at radius 1 is 0.730 bits per heavy atom. The summed E-state index contributed by atoms with van der Waals surface area (Å²) < 4.78 is 1.16. The van der Waals surface area contributed by atoms with Gasteiger partial charge in [0.1, 0.15) is 5.78 Å². The summed E-state index contributed by atoms with van der Waals surface area (Å²) in [6.07, 6.45) is 6.82. The van der Waals surface area contributed by atoms with E-state index in [1.165, 1.54) is 22.3 Å². The number of aliphatic hydroxyl groups is 1. The van der Waals surface area contributed by atoms with Crippen LogP contribution in [0.5, 0.6) is 0 Å². The lowest BCUT2D eigenvalue weighted by atomic mass is 9.76. The molecule has 2 nitrogen and oxygen atoms in total. The van der Waals surface area contributed by atoms with Gasteiger partial charge in [0.2, 0.25) is 0 Å². The first-order valence-corrected chi connectivity index (χ1v) is 14.3. The highest BCUT2D eigenvalue weighted by atomic mass is 79.9. The van der Waals surface area contributed by atoms with Gasteiger partial charge in [0, 0.05) is 17.3 Å². The number of halogens is 1. The number of benzene rings is 2. The minimum Gasteiger partial charge on any atom is -0.385 e. The van der Waals surface area contributed by atoms with E-state index in [-0.39, 0.29) is 10.8 Å². The molecular formula is C34H47BrO2. The van der Waals surface area contributed by atoms with Crippen molar-refractivity contribution in [3.8, 4) is 0 Å². The maximum absolute atomic E-state index is 10.8. The maximum atomic E-state index is 10.8. The first-order chi connectivity index (χ1) is 17.1. The molecule has 202 valence electrons. The number of rotatable bonds is 1. The molecule has 1 N–H and O–H groups in total. The SMILES string of the molecule is C=C1CCC(=O)CC1.C=C1CCC(O)(c2cccc(C(C)(C)C)c2)CC1.CC(C)(C)c1cccc(Br)c1. The van der Waals surface area contributed by atoms with Gasteiger partial charge < -0.3 is 5.11 Å². The highest BCUT2D eigenvalue weighted by Crippen LogP contribution is 2.39. The van der Waals surface area contributed by atoms with Crippen molar-refractivity contribution >= 4 is 21.7 Å². The highest BCUT2D eigenvalue weighted by Gasteiger charge is 2.32. The van der Waals surface area contributed by atoms with Gasteiger partial charge in [-0.2, -0.15) is 0 Å². The van der Waals surface area contributed by atoms with E-state index < -0.39 is 5.60 Å². The van der Waals surface area contributed by atoms with Crippen LogP contribution in [0.2, 0.25) is 0 Å². The third-order valence-corrected chi connectivity index (χ3v) is 7.75. The normalized spacial score (nSPS) is 17.8. The van der Waals surface area contributed by atoms with Crippen LogP contribution in [-0.4, -0.2) is 10.9 Å². The van der Waals surface area contributed by atoms with Crippen molar-refractivity contribution in [2.24, 2.45) is 0 Å². The molecule has 2 aliphatic carbocycles. The number of ketones is 1. The lowest BCUT2D eigenvalue weighted by Crippen LogP contribution is -2.29. The van der Waals surface area contributed by atoms with E-state index in [9.17, 15) is 9.90 Å². The summed E-state index contributed by atoms with van der Waals surface area (Å²) in [6.45, 7) is 21.1. The van der Waals surface area contributed by atoms with Gasteiger partial charge in [0.05, 0.1) is 5.60 Å². The Kier molecular flexibility index (Phi) is 11.1. The van der Waals surface area contributed by atoms with Crippen LogP contribution in [0, 0.1) is 0 Å². The van der Waals surface area contributed by atoms with Crippen LogP contribution in [-0.2, 0) is 21.2 Å². The number of carbonyl (C=O) groups is 1. The molecule has 0 unspecified atom stereocenters. The standard InChI is InChI=1S/C17H24O.C10H13Br.C7H10O/c1-13-8-10-17(18,11-9-13)15-7-5-6-14(12-15)16(2,3)4;1-10(2,3)8-5-4-6-9(11)7-8;1-6-2-4-7(8)5-3-6/h5-7,12,18H,1,8-11H2,2-4H3;4-7H,1-3H3;1-5H2. The molecule has 0 bridgehead atoms. The van der Waals surface area contributed by atoms with Crippen LogP contribution in [0.25, 0.3) is 0 Å². The van der Waals surface area contributed by atoms with Crippen LogP contribution in [0.1, 0.15) is 110 Å². The Labute approximate surface area is 234 Å². The zero-order valence-electron chi connectivity index (χ0n) is 23.9. The number of Topliss-reactive ketones (excluding diaryl/α,β-unsaturated/α-hetero) is 1. The average Bonchev–Trinajstić information content (AvgIpc) is 2.83. The van der Waals surface area contributed by atoms with E-state index in [4.69, 9.17) is 0 Å². The fourth-order valence-corrected chi connectivity index (χ4v) is 4.82. The van der Waals surface area contributed by atoms with Gasteiger partial charge in [-0.15, -0.1) is 0 Å². The predicted octanol–water partition coefficient (Wildman–Crippen LogP) is 9.73. The van der Waals surface area contributed by atoms with Gasteiger partial charge >= 0.3 is 0 Å². The van der Waals surface area contributed by atoms with Gasteiger partial charge in [-0.3, -0.25) is 4.79 Å². The number of carbonyl (C=O) groups excluding carboxylic acids is 1. The summed E-state index contributed by atoms with van der Waals surface area (Å²) in [5.74, 6) is 0.400. The first kappa shape index (κ1) is 31.2. The van der Waals surface area contributed by atoms with Crippen LogP contribution >= 0.6 is 15.9 Å². The largest absolute Gasteiger partial charge is 0.385 e. The molecule has 2 fully saturated rings. The molecule has 2 aliphatic rings. The Morgan fingerprint density at radius 2 is 1.19 bits per heavy atom.